The minimum atomic E-state index is -3.28. The third-order valence-corrected chi connectivity index (χ3v) is 28.2. The molecule has 0 aliphatic carbocycles. The quantitative estimate of drug-likeness (QED) is 0.0239. The van der Waals surface area contributed by atoms with Gasteiger partial charge in [-0.2, -0.15) is 21.0 Å². The zero-order valence-corrected chi connectivity index (χ0v) is 82.3. The zero-order chi connectivity index (χ0) is 102. The molecule has 0 radical (unpaired) electrons. The second-order valence-corrected chi connectivity index (χ2v) is 38.9. The summed E-state index contributed by atoms with van der Waals surface area (Å²) in [6.45, 7) is 11.9. The SMILES string of the molecule is CS(=O)(=O)c1ccc(Nc2ccnc(-c3ccc(OC4CCN(C(=O)CO)CC4)c(C#N)c3)n2)cc1.N#Cc1cc(-c2nccc(Nc3ccc(C(N)=O)cc3)n2)ccc1OC1CCOCC1.N#Cc1cc(-c2nccc(Nc3ccc(C4CCN(C5COC5)CC4)cc3)n2)ccc1OC1CCN(C(=O)CO)CC1.N#Cc1cc(-c2nccc(Nc3ccc(C4CCN(C5COC5)CC4)cc3)n2)ccc1OC1CCOCC1. The lowest BCUT2D eigenvalue weighted by Crippen LogP contribution is -2.51. The average molecular weight is 2000 g/mol. The van der Waals surface area contributed by atoms with Crippen LogP contribution in [-0.2, 0) is 38.4 Å². The third kappa shape index (κ3) is 27.8. The highest BCUT2D eigenvalue weighted by molar-refractivity contribution is 7.90. The maximum absolute atomic E-state index is 11.7. The van der Waals surface area contributed by atoms with E-state index in [1.807, 2.05) is 36.4 Å². The van der Waals surface area contributed by atoms with Crippen molar-refractivity contribution in [1.29, 1.82) is 21.0 Å². The molecule has 756 valence electrons. The number of primary amides is 1. The molecule has 8 aliphatic heterocycles. The lowest BCUT2D eigenvalue weighted by molar-refractivity contribution is -0.136. The fraction of sp³-hybridized carbons (Fsp3) is 0.355. The lowest BCUT2D eigenvalue weighted by atomic mass is 9.88. The van der Waals surface area contributed by atoms with Gasteiger partial charge in [0, 0.05) is 159 Å². The van der Waals surface area contributed by atoms with Crippen LogP contribution in [0.1, 0.15) is 133 Å². The van der Waals surface area contributed by atoms with Crippen molar-refractivity contribution in [3.63, 3.8) is 0 Å². The van der Waals surface area contributed by atoms with Crippen molar-refractivity contribution in [2.75, 3.05) is 146 Å². The number of ether oxygens (including phenoxy) is 8. The molecule has 37 heteroatoms. The number of nitrogens with one attached hydrogen (secondary N) is 4. The van der Waals surface area contributed by atoms with Gasteiger partial charge in [0.25, 0.3) is 0 Å². The summed E-state index contributed by atoms with van der Waals surface area (Å²) in [6.07, 6.45) is 18.3. The van der Waals surface area contributed by atoms with E-state index in [4.69, 9.17) is 63.8 Å². The summed E-state index contributed by atoms with van der Waals surface area (Å²) >= 11 is 0. The van der Waals surface area contributed by atoms with Gasteiger partial charge >= 0.3 is 0 Å². The monoisotopic (exact) mass is 2000 g/mol. The molecule has 8 aromatic carbocycles. The van der Waals surface area contributed by atoms with E-state index in [-0.39, 0.29) is 41.1 Å². The first-order chi connectivity index (χ1) is 71.7. The first-order valence-electron chi connectivity index (χ1n) is 49.4. The maximum Gasteiger partial charge on any atom is 0.248 e. The number of hydrogen-bond acceptors (Lipinski definition) is 33. The molecule has 36 nitrogen and oxygen atoms in total. The van der Waals surface area contributed by atoms with E-state index in [1.165, 1.54) is 48.9 Å². The summed E-state index contributed by atoms with van der Waals surface area (Å²) in [5.41, 5.74) is 16.4. The summed E-state index contributed by atoms with van der Waals surface area (Å²) in [4.78, 5) is 79.1. The molecule has 8 aliphatic rings. The normalized spacial score (nSPS) is 16.8. The molecule has 147 heavy (non-hydrogen) atoms. The number of aromatic nitrogens is 8. The largest absolute Gasteiger partial charge is 0.489 e. The number of carbonyl (C=O) groups is 3. The van der Waals surface area contributed by atoms with Crippen molar-refractivity contribution in [2.24, 2.45) is 5.73 Å². The predicted octanol–water partition coefficient (Wildman–Crippen LogP) is 14.5. The highest BCUT2D eigenvalue weighted by atomic mass is 32.2. The van der Waals surface area contributed by atoms with Crippen LogP contribution >= 0.6 is 0 Å². The number of amides is 3. The third-order valence-electron chi connectivity index (χ3n) is 27.1. The second kappa shape index (κ2) is 49.8. The molecule has 0 atom stereocenters. The van der Waals surface area contributed by atoms with Crippen molar-refractivity contribution in [1.82, 2.24) is 59.5 Å². The number of aliphatic hydroxyl groups is 2. The topological polar surface area (TPSA) is 485 Å². The Kier molecular flexibility index (Phi) is 34.9. The van der Waals surface area contributed by atoms with E-state index < -0.39 is 29.0 Å². The van der Waals surface area contributed by atoms with Gasteiger partial charge in [0.15, 0.2) is 33.1 Å². The Bertz CT molecular complexity index is 6840. The van der Waals surface area contributed by atoms with Crippen LogP contribution < -0.4 is 45.9 Å². The number of nitrogens with zero attached hydrogens (tertiary/aromatic N) is 16. The van der Waals surface area contributed by atoms with Crippen LogP contribution in [0.25, 0.3) is 45.6 Å². The highest BCUT2D eigenvalue weighted by Gasteiger charge is 2.34. The van der Waals surface area contributed by atoms with Gasteiger partial charge in [-0.3, -0.25) is 24.2 Å². The molecule has 4 aromatic heterocycles. The Hall–Kier alpha value is -15.5. The van der Waals surface area contributed by atoms with E-state index >= 15 is 0 Å². The number of nitrogens with two attached hydrogens (primary N) is 1. The van der Waals surface area contributed by atoms with Gasteiger partial charge in [0.05, 0.1) is 92.1 Å². The number of sulfone groups is 1. The fourth-order valence-electron chi connectivity index (χ4n) is 18.5. The Balaban J connectivity index is 0.000000135. The average Bonchev–Trinajstić information content (AvgIpc) is 0.819. The molecule has 0 unspecified atom stereocenters. The van der Waals surface area contributed by atoms with Crippen molar-refractivity contribution in [3.05, 3.63) is 258 Å². The van der Waals surface area contributed by atoms with E-state index in [2.05, 4.69) is 134 Å². The number of nitriles is 4. The van der Waals surface area contributed by atoms with Gasteiger partial charge in [0.2, 0.25) is 17.7 Å². The molecule has 20 rings (SSSR count). The van der Waals surface area contributed by atoms with E-state index in [1.54, 1.807) is 132 Å². The van der Waals surface area contributed by atoms with Crippen LogP contribution in [0, 0.1) is 45.3 Å². The van der Waals surface area contributed by atoms with Gasteiger partial charge in [0.1, 0.15) is 108 Å². The summed E-state index contributed by atoms with van der Waals surface area (Å²) in [7, 11) is -3.28. The van der Waals surface area contributed by atoms with Crippen molar-refractivity contribution in [3.8, 4) is 92.8 Å². The van der Waals surface area contributed by atoms with Crippen LogP contribution in [0.2, 0.25) is 0 Å². The number of anilines is 8. The molecular weight excluding hydrogens is 1890 g/mol. The Morgan fingerprint density at radius 1 is 0.374 bits per heavy atom. The summed E-state index contributed by atoms with van der Waals surface area (Å²) in [5.74, 6) is 6.71. The Labute approximate surface area is 852 Å². The molecule has 0 bridgehead atoms. The minimum absolute atomic E-state index is 0.0523. The number of aliphatic hydroxyl groups excluding tert-OH is 2. The summed E-state index contributed by atoms with van der Waals surface area (Å²) in [6, 6.07) is 69.1. The second-order valence-electron chi connectivity index (χ2n) is 36.9. The van der Waals surface area contributed by atoms with Crippen molar-refractivity contribution in [2.45, 2.75) is 130 Å². The van der Waals surface area contributed by atoms with Gasteiger partial charge in [-0.05, 0) is 245 Å². The molecule has 3 amide bonds. The Morgan fingerprint density at radius 2 is 0.653 bits per heavy atom. The molecule has 8 fully saturated rings. The molecule has 8 N–H and O–H groups in total. The van der Waals surface area contributed by atoms with Gasteiger partial charge < -0.3 is 84.9 Å². The molecule has 0 saturated carbocycles. The van der Waals surface area contributed by atoms with Crippen LogP contribution in [0.4, 0.5) is 46.0 Å². The number of likely N-dealkylation sites (tertiary alicyclic amines) is 4. The maximum atomic E-state index is 11.7. The summed E-state index contributed by atoms with van der Waals surface area (Å²) < 4.78 is 69.0. The standard InChI is InChI=1S/C32H36N6O4.C30H33N5O3.C25H25N5O5S.C23H21N5O3/c33-18-25-17-24(3-6-29(25)42-28-10-15-38(16-11-28)31(40)19-39)32-34-12-7-30(36-32)35-26-4-1-22(2-5-26)23-8-13-37(14-9-23)27-20-41-21-27;31-18-24-17-23(3-6-28(24)38-27-10-15-36-16-11-27)30-32-12-7-29(34-30)33-25-4-1-21(2-5-25)22-8-13-35(14-9-22)26-19-37-20-26;1-36(33,34)21-5-3-19(4-6-21)28-23-8-11-27-25(29-23)17-2-7-22(18(14-17)15-26)35-20-9-12-30(13-10-20)24(32)16-31;24-14-17-13-16(3-6-20(17)31-19-8-11-30-12-9-19)23-26-10-7-21(28-23)27-18-4-1-15(2-5-18)22(25)29/h1-7,12,17,23,27-28,39H,8-11,13-16,19-21H2,(H,34,35,36);1-7,12,17,22,26-27H,8-11,13-16,19-20H2,(H,32,33,34);2-8,11,14,20,31H,9-10,12-13,16H2,1H3,(H,27,28,29);1-7,10,13,19H,8-9,11-12H2,(H2,25,29)(H,26,27,28). The Morgan fingerprint density at radius 3 is 0.912 bits per heavy atom. The van der Waals surface area contributed by atoms with E-state index in [0.717, 1.165) is 113 Å². The van der Waals surface area contributed by atoms with Crippen molar-refractivity contribution < 1.29 is 70.9 Å². The zero-order valence-electron chi connectivity index (χ0n) is 81.5. The van der Waals surface area contributed by atoms with Crippen LogP contribution in [0.5, 0.6) is 23.0 Å². The fourth-order valence-corrected chi connectivity index (χ4v) is 19.1. The molecule has 0 spiro atoms. The van der Waals surface area contributed by atoms with Crippen LogP contribution in [0.15, 0.2) is 224 Å². The first kappa shape index (κ1) is 103. The van der Waals surface area contributed by atoms with Crippen LogP contribution in [0.3, 0.4) is 0 Å². The highest BCUT2D eigenvalue weighted by Crippen LogP contribution is 2.38. The van der Waals surface area contributed by atoms with Crippen LogP contribution in [-0.4, -0.2) is 257 Å². The van der Waals surface area contributed by atoms with Crippen molar-refractivity contribution >= 4 is 73.6 Å². The number of benzene rings is 8. The van der Waals surface area contributed by atoms with E-state index in [0.29, 0.717) is 216 Å². The number of hydrogen-bond donors (Lipinski definition) is 7. The number of piperidine rings is 4. The minimum Gasteiger partial charge on any atom is -0.489 e. The molecule has 12 heterocycles. The van der Waals surface area contributed by atoms with Gasteiger partial charge in [-0.15, -0.1) is 0 Å². The molecular formula is C110H115N21O15S. The van der Waals surface area contributed by atoms with E-state index in [9.17, 15) is 43.8 Å². The number of carbonyl (C=O) groups excluding carboxylic acids is 3. The summed E-state index contributed by atoms with van der Waals surface area (Å²) in [5, 5.41) is 70.0. The van der Waals surface area contributed by atoms with Gasteiger partial charge in [-0.25, -0.2) is 48.3 Å². The lowest BCUT2D eigenvalue weighted by Gasteiger charge is -2.41. The first-order valence-corrected chi connectivity index (χ1v) is 51.3. The predicted molar refractivity (Wildman–Crippen MR) is 549 cm³/mol. The number of rotatable bonds is 28. The molecule has 8 saturated heterocycles. The smallest absolute Gasteiger partial charge is 0.248 e. The molecule has 12 aromatic rings. The van der Waals surface area contributed by atoms with Gasteiger partial charge in [-0.1, -0.05) is 24.3 Å².